The molecule has 110 valence electrons. The number of aliphatic hydroxyl groups excluding tert-OH is 1. The predicted molar refractivity (Wildman–Crippen MR) is 78.0 cm³/mol. The number of carbonyl (C=O) groups excluding carboxylic acids is 1. The summed E-state index contributed by atoms with van der Waals surface area (Å²) in [5, 5.41) is 13.2. The third-order valence-corrected chi connectivity index (χ3v) is 4.10. The molecule has 1 aliphatic carbocycles. The number of aliphatic hydroxyl groups is 1. The van der Waals surface area contributed by atoms with E-state index in [1.807, 2.05) is 6.92 Å². The summed E-state index contributed by atoms with van der Waals surface area (Å²) >= 11 is 5.92. The van der Waals surface area contributed by atoms with Crippen molar-refractivity contribution in [3.05, 3.63) is 28.8 Å². The number of carbonyl (C=O) groups is 1. The molecule has 0 bridgehead atoms. The van der Waals surface area contributed by atoms with E-state index in [2.05, 4.69) is 5.32 Å². The van der Waals surface area contributed by atoms with Crippen molar-refractivity contribution in [1.82, 2.24) is 5.32 Å². The average molecular weight is 298 g/mol. The molecule has 0 aromatic heterocycles. The van der Waals surface area contributed by atoms with Crippen LogP contribution in [0.3, 0.4) is 0 Å². The van der Waals surface area contributed by atoms with Crippen molar-refractivity contribution < 1.29 is 14.6 Å². The van der Waals surface area contributed by atoms with E-state index in [0.717, 1.165) is 24.8 Å². The molecule has 1 fully saturated rings. The summed E-state index contributed by atoms with van der Waals surface area (Å²) in [6, 6.07) is 5.29. The Bertz CT molecular complexity index is 478. The van der Waals surface area contributed by atoms with Gasteiger partial charge in [0, 0.05) is 17.5 Å². The van der Waals surface area contributed by atoms with Crippen molar-refractivity contribution in [3.63, 3.8) is 0 Å². The average Bonchev–Trinajstić information content (AvgIpc) is 2.83. The second kappa shape index (κ2) is 6.95. The van der Waals surface area contributed by atoms with Gasteiger partial charge in [-0.15, -0.1) is 0 Å². The van der Waals surface area contributed by atoms with E-state index in [4.69, 9.17) is 16.3 Å². The highest BCUT2D eigenvalue weighted by Crippen LogP contribution is 2.24. The highest BCUT2D eigenvalue weighted by Gasteiger charge is 2.25. The van der Waals surface area contributed by atoms with E-state index >= 15 is 0 Å². The van der Waals surface area contributed by atoms with Gasteiger partial charge >= 0.3 is 0 Å². The molecule has 0 saturated heterocycles. The van der Waals surface area contributed by atoms with Gasteiger partial charge in [0.15, 0.2) is 6.61 Å². The molecule has 1 amide bonds. The van der Waals surface area contributed by atoms with Gasteiger partial charge in [0.25, 0.3) is 5.91 Å². The summed E-state index contributed by atoms with van der Waals surface area (Å²) in [6.45, 7) is 2.38. The molecule has 2 rings (SSSR count). The minimum absolute atomic E-state index is 0.0239. The molecule has 1 saturated carbocycles. The molecule has 4 nitrogen and oxygen atoms in total. The largest absolute Gasteiger partial charge is 0.484 e. The van der Waals surface area contributed by atoms with Gasteiger partial charge in [-0.25, -0.2) is 0 Å². The molecular formula is C15H20ClNO3. The summed E-state index contributed by atoms with van der Waals surface area (Å²) < 4.78 is 5.41. The van der Waals surface area contributed by atoms with Crippen LogP contribution in [0.15, 0.2) is 18.2 Å². The summed E-state index contributed by atoms with van der Waals surface area (Å²) in [5.74, 6) is 0.636. The number of halogens is 1. The molecule has 0 spiro atoms. The molecule has 0 aliphatic heterocycles. The molecule has 1 aromatic rings. The Balaban J connectivity index is 1.73. The van der Waals surface area contributed by atoms with Crippen molar-refractivity contribution in [2.24, 2.45) is 5.92 Å². The van der Waals surface area contributed by atoms with Gasteiger partial charge in [-0.2, -0.15) is 0 Å². The van der Waals surface area contributed by atoms with Gasteiger partial charge in [-0.05, 0) is 43.5 Å². The van der Waals surface area contributed by atoms with Crippen LogP contribution in [-0.2, 0) is 4.79 Å². The van der Waals surface area contributed by atoms with Gasteiger partial charge in [0.1, 0.15) is 5.75 Å². The van der Waals surface area contributed by atoms with Gasteiger partial charge in [0.05, 0.1) is 6.10 Å². The van der Waals surface area contributed by atoms with Gasteiger partial charge in [-0.3, -0.25) is 4.79 Å². The quantitative estimate of drug-likeness (QED) is 0.877. The number of aryl methyl sites for hydroxylation is 1. The van der Waals surface area contributed by atoms with Crippen LogP contribution in [0.2, 0.25) is 5.02 Å². The van der Waals surface area contributed by atoms with Crippen molar-refractivity contribution in [2.75, 3.05) is 13.2 Å². The Morgan fingerprint density at radius 2 is 2.30 bits per heavy atom. The smallest absolute Gasteiger partial charge is 0.257 e. The molecule has 2 atom stereocenters. The first-order valence-electron chi connectivity index (χ1n) is 6.90. The lowest BCUT2D eigenvalue weighted by Gasteiger charge is -2.15. The fraction of sp³-hybridized carbons (Fsp3) is 0.533. The van der Waals surface area contributed by atoms with Gasteiger partial charge in [0.2, 0.25) is 0 Å². The Kier molecular flexibility index (Phi) is 5.26. The standard InChI is InChI=1S/C15H20ClNO3/c1-10-7-12(5-6-13(10)16)20-9-15(19)17-8-11-3-2-4-14(11)18/h5-7,11,14,18H,2-4,8-9H2,1H3,(H,17,19). The third-order valence-electron chi connectivity index (χ3n) is 3.68. The molecule has 2 unspecified atom stereocenters. The maximum absolute atomic E-state index is 11.7. The van der Waals surface area contributed by atoms with E-state index in [1.165, 1.54) is 0 Å². The van der Waals surface area contributed by atoms with Crippen LogP contribution in [0.5, 0.6) is 5.75 Å². The van der Waals surface area contributed by atoms with E-state index in [0.29, 0.717) is 17.3 Å². The number of hydrogen-bond acceptors (Lipinski definition) is 3. The first kappa shape index (κ1) is 15.1. The Hall–Kier alpha value is -1.26. The van der Waals surface area contributed by atoms with Crippen LogP contribution < -0.4 is 10.1 Å². The number of nitrogens with one attached hydrogen (secondary N) is 1. The van der Waals surface area contributed by atoms with E-state index in [1.54, 1.807) is 18.2 Å². The molecule has 2 N–H and O–H groups in total. The lowest BCUT2D eigenvalue weighted by molar-refractivity contribution is -0.123. The lowest BCUT2D eigenvalue weighted by Crippen LogP contribution is -2.35. The van der Waals surface area contributed by atoms with Crippen molar-refractivity contribution in [2.45, 2.75) is 32.3 Å². The Labute approximate surface area is 124 Å². The van der Waals surface area contributed by atoms with Gasteiger partial charge < -0.3 is 15.2 Å². The fourth-order valence-corrected chi connectivity index (χ4v) is 2.52. The molecular weight excluding hydrogens is 278 g/mol. The third kappa shape index (κ3) is 4.12. The van der Waals surface area contributed by atoms with Crippen LogP contribution in [-0.4, -0.2) is 30.3 Å². The number of benzene rings is 1. The molecule has 0 radical (unpaired) electrons. The number of rotatable bonds is 5. The van der Waals surface area contributed by atoms with Crippen LogP contribution >= 0.6 is 11.6 Å². The minimum atomic E-state index is -0.282. The summed E-state index contributed by atoms with van der Waals surface area (Å²) in [5.41, 5.74) is 0.915. The molecule has 1 aliphatic rings. The minimum Gasteiger partial charge on any atom is -0.484 e. The molecule has 1 aromatic carbocycles. The van der Waals surface area contributed by atoms with E-state index in [9.17, 15) is 9.90 Å². The second-order valence-electron chi connectivity index (χ2n) is 5.26. The topological polar surface area (TPSA) is 58.6 Å². The maximum atomic E-state index is 11.7. The normalized spacial score (nSPS) is 21.8. The number of hydrogen-bond donors (Lipinski definition) is 2. The zero-order chi connectivity index (χ0) is 14.5. The monoisotopic (exact) mass is 297 g/mol. The zero-order valence-electron chi connectivity index (χ0n) is 11.6. The van der Waals surface area contributed by atoms with Crippen LogP contribution in [0, 0.1) is 12.8 Å². The fourth-order valence-electron chi connectivity index (χ4n) is 2.41. The first-order chi connectivity index (χ1) is 9.56. The van der Waals surface area contributed by atoms with Crippen LogP contribution in [0.1, 0.15) is 24.8 Å². The summed E-state index contributed by atoms with van der Waals surface area (Å²) in [6.07, 6.45) is 2.55. The van der Waals surface area contributed by atoms with Crippen molar-refractivity contribution >= 4 is 17.5 Å². The lowest BCUT2D eigenvalue weighted by atomic mass is 10.1. The number of ether oxygens (including phenoxy) is 1. The van der Waals surface area contributed by atoms with Crippen LogP contribution in [0.4, 0.5) is 0 Å². The van der Waals surface area contributed by atoms with E-state index in [-0.39, 0.29) is 24.5 Å². The Morgan fingerprint density at radius 1 is 1.50 bits per heavy atom. The van der Waals surface area contributed by atoms with Crippen molar-refractivity contribution in [1.29, 1.82) is 0 Å². The maximum Gasteiger partial charge on any atom is 0.257 e. The Morgan fingerprint density at radius 3 is 2.95 bits per heavy atom. The summed E-state index contributed by atoms with van der Waals surface area (Å²) in [7, 11) is 0. The van der Waals surface area contributed by atoms with Gasteiger partial charge in [-0.1, -0.05) is 18.0 Å². The highest BCUT2D eigenvalue weighted by molar-refractivity contribution is 6.31. The van der Waals surface area contributed by atoms with Crippen molar-refractivity contribution in [3.8, 4) is 5.75 Å². The molecule has 0 heterocycles. The van der Waals surface area contributed by atoms with E-state index < -0.39 is 0 Å². The first-order valence-corrected chi connectivity index (χ1v) is 7.28. The number of amides is 1. The summed E-state index contributed by atoms with van der Waals surface area (Å²) in [4.78, 5) is 11.7. The second-order valence-corrected chi connectivity index (χ2v) is 5.67. The van der Waals surface area contributed by atoms with Crippen LogP contribution in [0.25, 0.3) is 0 Å². The SMILES string of the molecule is Cc1cc(OCC(=O)NCC2CCCC2O)ccc1Cl. The predicted octanol–water partition coefficient (Wildman–Crippen LogP) is 2.30. The zero-order valence-corrected chi connectivity index (χ0v) is 12.3. The highest BCUT2D eigenvalue weighted by atomic mass is 35.5. The molecule has 5 heteroatoms. The molecule has 20 heavy (non-hydrogen) atoms.